The normalized spacial score (nSPS) is 13.7. The molecule has 0 spiro atoms. The van der Waals surface area contributed by atoms with E-state index in [1.54, 1.807) is 60.7 Å². The Bertz CT molecular complexity index is 1470. The van der Waals surface area contributed by atoms with Gasteiger partial charge in [0.1, 0.15) is 0 Å². The molecule has 9 nitrogen and oxygen atoms in total. The highest BCUT2D eigenvalue weighted by Crippen LogP contribution is 2.39. The largest absolute Gasteiger partial charge is 0.493 e. The summed E-state index contributed by atoms with van der Waals surface area (Å²) in [5, 5.41) is 0.600. The topological polar surface area (TPSA) is 102 Å². The number of hydrogen-bond acceptors (Lipinski definition) is 9. The number of esters is 2. The molecule has 10 heteroatoms. The number of hydrogen-bond donors (Lipinski definition) is 0. The Morgan fingerprint density at radius 2 is 1.46 bits per heavy atom. The van der Waals surface area contributed by atoms with Crippen molar-refractivity contribution in [3.8, 4) is 28.7 Å². The van der Waals surface area contributed by atoms with Gasteiger partial charge in [-0.2, -0.15) is 0 Å². The first kappa shape index (κ1) is 27.3. The molecule has 0 N–H and O–H groups in total. The standard InChI is InChI=1S/C29H24ClNO8/c1-34-23-14-18(7-11-22(23)38-26(32)12-8-17-5-9-20(30)10-6-17)13-21-29(33)39-28(31-21)19-15-24(35-2)27(37-4)25(16-19)36-3/h5-16H,1-4H3/b12-8+,21-13-. The van der Waals surface area contributed by atoms with E-state index < -0.39 is 11.9 Å². The number of methoxy groups -OCH3 is 4. The van der Waals surface area contributed by atoms with Crippen LogP contribution in [0.3, 0.4) is 0 Å². The Balaban J connectivity index is 1.54. The SMILES string of the molecule is COc1cc(/C=C2\N=C(c3cc(OC)c(OC)c(OC)c3)OC2=O)ccc1OC(=O)/C=C/c1ccc(Cl)cc1. The Morgan fingerprint density at radius 3 is 2.08 bits per heavy atom. The highest BCUT2D eigenvalue weighted by atomic mass is 35.5. The van der Waals surface area contributed by atoms with Crippen LogP contribution in [0, 0.1) is 0 Å². The number of rotatable bonds is 9. The highest BCUT2D eigenvalue weighted by Gasteiger charge is 2.26. The number of carbonyl (C=O) groups is 2. The second kappa shape index (κ2) is 12.2. The van der Waals surface area contributed by atoms with Crippen molar-refractivity contribution in [2.24, 2.45) is 4.99 Å². The van der Waals surface area contributed by atoms with Crippen molar-refractivity contribution in [2.45, 2.75) is 0 Å². The zero-order valence-electron chi connectivity index (χ0n) is 21.5. The van der Waals surface area contributed by atoms with Gasteiger partial charge in [0.15, 0.2) is 28.7 Å². The fraction of sp³-hybridized carbons (Fsp3) is 0.138. The second-order valence-electron chi connectivity index (χ2n) is 7.97. The van der Waals surface area contributed by atoms with Crippen molar-refractivity contribution in [1.82, 2.24) is 0 Å². The molecule has 0 fully saturated rings. The third-order valence-corrected chi connectivity index (χ3v) is 5.77. The van der Waals surface area contributed by atoms with Gasteiger partial charge in [-0.1, -0.05) is 29.8 Å². The second-order valence-corrected chi connectivity index (χ2v) is 8.40. The molecule has 0 radical (unpaired) electrons. The number of cyclic esters (lactones) is 1. The molecule has 200 valence electrons. The van der Waals surface area contributed by atoms with Crippen molar-refractivity contribution >= 4 is 41.6 Å². The molecule has 4 rings (SSSR count). The zero-order chi connectivity index (χ0) is 27.9. The van der Waals surface area contributed by atoms with Gasteiger partial charge in [-0.3, -0.25) is 0 Å². The molecule has 0 saturated carbocycles. The lowest BCUT2D eigenvalue weighted by Gasteiger charge is -2.13. The molecule has 0 saturated heterocycles. The summed E-state index contributed by atoms with van der Waals surface area (Å²) in [7, 11) is 5.91. The predicted octanol–water partition coefficient (Wildman–Crippen LogP) is 5.34. The number of benzene rings is 3. The first-order chi connectivity index (χ1) is 18.8. The zero-order valence-corrected chi connectivity index (χ0v) is 22.3. The lowest BCUT2D eigenvalue weighted by atomic mass is 10.1. The molecule has 0 bridgehead atoms. The van der Waals surface area contributed by atoms with Crippen molar-refractivity contribution in [1.29, 1.82) is 0 Å². The van der Waals surface area contributed by atoms with Gasteiger partial charge >= 0.3 is 11.9 Å². The molecule has 3 aromatic carbocycles. The van der Waals surface area contributed by atoms with Crippen LogP contribution in [0.25, 0.3) is 12.2 Å². The molecular formula is C29H24ClNO8. The van der Waals surface area contributed by atoms with Crippen LogP contribution in [0.1, 0.15) is 16.7 Å². The summed E-state index contributed by atoms with van der Waals surface area (Å²) in [6.07, 6.45) is 4.44. The lowest BCUT2D eigenvalue weighted by molar-refractivity contribution is -0.130. The Morgan fingerprint density at radius 1 is 0.821 bits per heavy atom. The Kier molecular flexibility index (Phi) is 8.53. The number of ether oxygens (including phenoxy) is 6. The van der Waals surface area contributed by atoms with Gasteiger partial charge in [0.05, 0.1) is 28.4 Å². The summed E-state index contributed by atoms with van der Waals surface area (Å²) in [6.45, 7) is 0. The monoisotopic (exact) mass is 549 g/mol. The first-order valence-electron chi connectivity index (χ1n) is 11.5. The maximum atomic E-state index is 12.6. The molecule has 0 unspecified atom stereocenters. The van der Waals surface area contributed by atoms with E-state index in [-0.39, 0.29) is 23.1 Å². The minimum atomic E-state index is -0.638. The minimum Gasteiger partial charge on any atom is -0.493 e. The van der Waals surface area contributed by atoms with Crippen LogP contribution in [0.4, 0.5) is 0 Å². The van der Waals surface area contributed by atoms with E-state index in [1.165, 1.54) is 40.6 Å². The Hall–Kier alpha value is -4.76. The van der Waals surface area contributed by atoms with Gasteiger partial charge in [0.25, 0.3) is 0 Å². The molecule has 0 aliphatic carbocycles. The van der Waals surface area contributed by atoms with Crippen LogP contribution >= 0.6 is 11.6 Å². The average molecular weight is 550 g/mol. The maximum Gasteiger partial charge on any atom is 0.363 e. The average Bonchev–Trinajstić information content (AvgIpc) is 3.32. The molecular weight excluding hydrogens is 526 g/mol. The smallest absolute Gasteiger partial charge is 0.363 e. The summed E-state index contributed by atoms with van der Waals surface area (Å²) in [5.74, 6) is 0.530. The van der Waals surface area contributed by atoms with E-state index in [1.807, 2.05) is 0 Å². The molecule has 39 heavy (non-hydrogen) atoms. The number of nitrogens with zero attached hydrogens (tertiary/aromatic N) is 1. The molecule has 1 aliphatic rings. The van der Waals surface area contributed by atoms with Crippen molar-refractivity contribution in [3.05, 3.63) is 88.1 Å². The fourth-order valence-electron chi connectivity index (χ4n) is 3.63. The van der Waals surface area contributed by atoms with E-state index in [0.29, 0.717) is 33.4 Å². The van der Waals surface area contributed by atoms with Crippen molar-refractivity contribution in [3.63, 3.8) is 0 Å². The van der Waals surface area contributed by atoms with Gasteiger partial charge < -0.3 is 28.4 Å². The Labute approximate surface area is 229 Å². The number of aliphatic imine (C=N–C) groups is 1. The van der Waals surface area contributed by atoms with Gasteiger partial charge in [0.2, 0.25) is 11.6 Å². The van der Waals surface area contributed by atoms with Gasteiger partial charge in [0, 0.05) is 16.7 Å². The van der Waals surface area contributed by atoms with E-state index >= 15 is 0 Å². The van der Waals surface area contributed by atoms with Crippen molar-refractivity contribution in [2.75, 3.05) is 28.4 Å². The van der Waals surface area contributed by atoms with E-state index in [9.17, 15) is 9.59 Å². The number of halogens is 1. The molecule has 3 aromatic rings. The van der Waals surface area contributed by atoms with Crippen LogP contribution < -0.4 is 23.7 Å². The lowest BCUT2D eigenvalue weighted by Crippen LogP contribution is -2.07. The quantitative estimate of drug-likeness (QED) is 0.200. The summed E-state index contributed by atoms with van der Waals surface area (Å²) in [6, 6.07) is 15.1. The first-order valence-corrected chi connectivity index (χ1v) is 11.9. The van der Waals surface area contributed by atoms with Crippen LogP contribution in [-0.4, -0.2) is 46.3 Å². The van der Waals surface area contributed by atoms with Crippen LogP contribution in [0.5, 0.6) is 28.7 Å². The van der Waals surface area contributed by atoms with Gasteiger partial charge in [-0.25, -0.2) is 14.6 Å². The number of carbonyl (C=O) groups excluding carboxylic acids is 2. The third-order valence-electron chi connectivity index (χ3n) is 5.52. The van der Waals surface area contributed by atoms with Crippen LogP contribution in [0.2, 0.25) is 5.02 Å². The van der Waals surface area contributed by atoms with E-state index in [2.05, 4.69) is 4.99 Å². The van der Waals surface area contributed by atoms with Crippen LogP contribution in [-0.2, 0) is 14.3 Å². The van der Waals surface area contributed by atoms with E-state index in [4.69, 9.17) is 40.0 Å². The van der Waals surface area contributed by atoms with Crippen molar-refractivity contribution < 1.29 is 38.0 Å². The maximum absolute atomic E-state index is 12.6. The molecule has 0 amide bonds. The summed E-state index contributed by atoms with van der Waals surface area (Å²) < 4.78 is 32.2. The summed E-state index contributed by atoms with van der Waals surface area (Å²) >= 11 is 5.88. The summed E-state index contributed by atoms with van der Waals surface area (Å²) in [4.78, 5) is 29.2. The van der Waals surface area contributed by atoms with Gasteiger partial charge in [-0.05, 0) is 59.7 Å². The molecule has 0 aromatic heterocycles. The van der Waals surface area contributed by atoms with Crippen LogP contribution in [0.15, 0.2) is 71.4 Å². The minimum absolute atomic E-state index is 0.0662. The molecule has 1 heterocycles. The predicted molar refractivity (Wildman–Crippen MR) is 146 cm³/mol. The summed E-state index contributed by atoms with van der Waals surface area (Å²) in [5.41, 5.74) is 1.90. The van der Waals surface area contributed by atoms with Gasteiger partial charge in [-0.15, -0.1) is 0 Å². The third kappa shape index (κ3) is 6.39. The highest BCUT2D eigenvalue weighted by molar-refractivity contribution is 6.30. The van der Waals surface area contributed by atoms with E-state index in [0.717, 1.165) is 5.56 Å². The molecule has 1 aliphatic heterocycles. The fourth-order valence-corrected chi connectivity index (χ4v) is 3.76. The molecule has 0 atom stereocenters.